The van der Waals surface area contributed by atoms with Gasteiger partial charge < -0.3 is 4.74 Å². The van der Waals surface area contributed by atoms with Crippen LogP contribution in [0.2, 0.25) is 5.02 Å². The van der Waals surface area contributed by atoms with Gasteiger partial charge in [-0.3, -0.25) is 14.5 Å². The first-order valence-electron chi connectivity index (χ1n) is 10.2. The number of halogens is 1. The normalized spacial score (nSPS) is 11.6. The molecule has 0 saturated carbocycles. The van der Waals surface area contributed by atoms with Crippen LogP contribution in [0.3, 0.4) is 0 Å². The summed E-state index contributed by atoms with van der Waals surface area (Å²) in [5.41, 5.74) is 1.24. The minimum atomic E-state index is -3.96. The molecule has 2 aromatic carbocycles. The predicted octanol–water partition coefficient (Wildman–Crippen LogP) is 5.59. The van der Waals surface area contributed by atoms with Crippen molar-refractivity contribution >= 4 is 33.1 Å². The highest BCUT2D eigenvalue weighted by Gasteiger charge is 2.24. The first-order chi connectivity index (χ1) is 15.5. The molecule has 0 spiro atoms. The minimum Gasteiger partial charge on any atom is -0.498 e. The molecule has 0 aliphatic carbocycles. The van der Waals surface area contributed by atoms with Gasteiger partial charge in [-0.05, 0) is 55.0 Å². The van der Waals surface area contributed by atoms with E-state index in [0.717, 1.165) is 5.56 Å². The van der Waals surface area contributed by atoms with E-state index in [9.17, 15) is 13.2 Å². The number of nitrogens with zero attached hydrogens (tertiary/aromatic N) is 1. The number of aromatic nitrogens is 1. The van der Waals surface area contributed by atoms with Crippen LogP contribution in [0.1, 0.15) is 42.3 Å². The summed E-state index contributed by atoms with van der Waals surface area (Å²) in [7, 11) is -3.96. The lowest BCUT2D eigenvalue weighted by atomic mass is 9.86. The quantitative estimate of drug-likeness (QED) is 0.316. The van der Waals surface area contributed by atoms with Crippen LogP contribution in [-0.4, -0.2) is 25.8 Å². The molecule has 0 fully saturated rings. The van der Waals surface area contributed by atoms with Crippen LogP contribution in [0.5, 0.6) is 0 Å². The third-order valence-corrected chi connectivity index (χ3v) is 6.66. The fourth-order valence-corrected chi connectivity index (χ4v) is 4.38. The van der Waals surface area contributed by atoms with Crippen molar-refractivity contribution in [2.45, 2.75) is 31.1 Å². The average molecular weight is 485 g/mol. The second-order valence-corrected chi connectivity index (χ2v) is 10.4. The van der Waals surface area contributed by atoms with Crippen LogP contribution in [-0.2, 0) is 20.2 Å². The summed E-state index contributed by atoms with van der Waals surface area (Å²) in [5, 5.41) is 0.318. The Morgan fingerprint density at radius 3 is 2.33 bits per heavy atom. The monoisotopic (exact) mass is 484 g/mol. The number of sulfonamides is 1. The summed E-state index contributed by atoms with van der Waals surface area (Å²) in [5.74, 6) is 0.249. The third kappa shape index (κ3) is 6.00. The van der Waals surface area contributed by atoms with Gasteiger partial charge in [0.1, 0.15) is 0 Å². The second kappa shape index (κ2) is 9.77. The van der Waals surface area contributed by atoms with Crippen molar-refractivity contribution in [1.29, 1.82) is 0 Å². The maximum atomic E-state index is 13.1. The number of allylic oxidation sites excluding steroid dienone is 1. The fourth-order valence-electron chi connectivity index (χ4n) is 3.13. The van der Waals surface area contributed by atoms with Crippen molar-refractivity contribution in [3.8, 4) is 0 Å². The summed E-state index contributed by atoms with van der Waals surface area (Å²) in [6.45, 7) is 9.94. The molecular weight excluding hydrogens is 460 g/mol. The van der Waals surface area contributed by atoms with Crippen LogP contribution in [0.15, 0.2) is 84.2 Å². The molecule has 1 heterocycles. The van der Waals surface area contributed by atoms with Crippen molar-refractivity contribution in [2.24, 2.45) is 0 Å². The molecule has 0 bridgehead atoms. The Hall–Kier alpha value is -3.16. The molecule has 8 heteroatoms. The molecule has 172 valence electrons. The molecule has 0 atom stereocenters. The number of ketones is 1. The van der Waals surface area contributed by atoms with Gasteiger partial charge in [0.05, 0.1) is 22.9 Å². The number of ether oxygens (including phenoxy) is 1. The lowest BCUT2D eigenvalue weighted by molar-refractivity contribution is 0.103. The first-order valence-corrected chi connectivity index (χ1v) is 12.0. The van der Waals surface area contributed by atoms with Gasteiger partial charge in [0.2, 0.25) is 0 Å². The minimum absolute atomic E-state index is 0.0696. The topological polar surface area (TPSA) is 85.4 Å². The van der Waals surface area contributed by atoms with Crippen molar-refractivity contribution in [3.63, 3.8) is 0 Å². The Bertz CT molecular complexity index is 1270. The molecule has 1 aromatic heterocycles. The highest BCUT2D eigenvalue weighted by molar-refractivity contribution is 7.92. The van der Waals surface area contributed by atoms with Gasteiger partial charge in [-0.15, -0.1) is 0 Å². The van der Waals surface area contributed by atoms with E-state index in [0.29, 0.717) is 23.0 Å². The smallest absolute Gasteiger partial charge is 0.261 e. The maximum Gasteiger partial charge on any atom is 0.261 e. The Balaban J connectivity index is 1.88. The lowest BCUT2D eigenvalue weighted by Crippen LogP contribution is -2.24. The Labute approximate surface area is 199 Å². The van der Waals surface area contributed by atoms with E-state index in [1.54, 1.807) is 31.2 Å². The summed E-state index contributed by atoms with van der Waals surface area (Å²) < 4.78 is 34.2. The van der Waals surface area contributed by atoms with Gasteiger partial charge in [0, 0.05) is 34.0 Å². The summed E-state index contributed by atoms with van der Waals surface area (Å²) in [6, 6.07) is 14.1. The molecule has 3 aromatic rings. The number of benzene rings is 2. The third-order valence-electron chi connectivity index (χ3n) is 5.04. The van der Waals surface area contributed by atoms with Crippen LogP contribution in [0.25, 0.3) is 0 Å². The summed E-state index contributed by atoms with van der Waals surface area (Å²) in [4.78, 5) is 16.9. The Morgan fingerprint density at radius 2 is 1.73 bits per heavy atom. The molecule has 6 nitrogen and oxygen atoms in total. The molecule has 0 radical (unpaired) electrons. The van der Waals surface area contributed by atoms with Gasteiger partial charge in [-0.25, -0.2) is 8.42 Å². The standard InChI is InChI=1S/C25H25ClN2O4S/c1-17(2)32-16-25(3,4)19-5-8-21(9-6-19)33(30,31)28-23-10-7-20(26)15-22(23)24(29)18-11-13-27-14-12-18/h5-15,28H,1,16H2,2-4H3. The predicted molar refractivity (Wildman–Crippen MR) is 130 cm³/mol. The van der Waals surface area contributed by atoms with Gasteiger partial charge in [0.15, 0.2) is 5.78 Å². The number of carbonyl (C=O) groups is 1. The Morgan fingerprint density at radius 1 is 1.09 bits per heavy atom. The molecule has 33 heavy (non-hydrogen) atoms. The number of anilines is 1. The molecular formula is C25H25ClN2O4S. The maximum absolute atomic E-state index is 13.1. The van der Waals surface area contributed by atoms with Gasteiger partial charge in [-0.1, -0.05) is 44.2 Å². The van der Waals surface area contributed by atoms with Crippen molar-refractivity contribution in [2.75, 3.05) is 11.3 Å². The molecule has 0 aliphatic heterocycles. The fraction of sp³-hybridized carbons (Fsp3) is 0.200. The van der Waals surface area contributed by atoms with E-state index >= 15 is 0 Å². The molecule has 0 unspecified atom stereocenters. The number of hydrogen-bond acceptors (Lipinski definition) is 5. The SMILES string of the molecule is C=C(C)OCC(C)(C)c1ccc(S(=O)(=O)Nc2ccc(Cl)cc2C(=O)c2ccncc2)cc1. The first kappa shape index (κ1) is 24.5. The largest absolute Gasteiger partial charge is 0.498 e. The van der Waals surface area contributed by atoms with Crippen LogP contribution >= 0.6 is 11.6 Å². The van der Waals surface area contributed by atoms with E-state index in [2.05, 4.69) is 16.3 Å². The second-order valence-electron chi connectivity index (χ2n) is 8.26. The van der Waals surface area contributed by atoms with E-state index in [4.69, 9.17) is 16.3 Å². The lowest BCUT2D eigenvalue weighted by Gasteiger charge is -2.25. The van der Waals surface area contributed by atoms with E-state index < -0.39 is 10.0 Å². The van der Waals surface area contributed by atoms with Gasteiger partial charge in [0.25, 0.3) is 10.0 Å². The van der Waals surface area contributed by atoms with Crippen LogP contribution in [0.4, 0.5) is 5.69 Å². The van der Waals surface area contributed by atoms with E-state index in [1.807, 2.05) is 13.8 Å². The average Bonchev–Trinajstić information content (AvgIpc) is 2.79. The Kier molecular flexibility index (Phi) is 7.25. The number of nitrogens with one attached hydrogen (secondary N) is 1. The van der Waals surface area contributed by atoms with Gasteiger partial charge in [-0.2, -0.15) is 0 Å². The van der Waals surface area contributed by atoms with Gasteiger partial charge >= 0.3 is 0 Å². The summed E-state index contributed by atoms with van der Waals surface area (Å²) >= 11 is 6.08. The highest BCUT2D eigenvalue weighted by Crippen LogP contribution is 2.28. The van der Waals surface area contributed by atoms with Crippen molar-refractivity contribution in [3.05, 3.63) is 101 Å². The molecule has 0 amide bonds. The zero-order valence-electron chi connectivity index (χ0n) is 18.6. The number of hydrogen-bond donors (Lipinski definition) is 1. The van der Waals surface area contributed by atoms with E-state index in [1.165, 1.54) is 42.7 Å². The van der Waals surface area contributed by atoms with E-state index in [-0.39, 0.29) is 27.3 Å². The number of rotatable bonds is 9. The van der Waals surface area contributed by atoms with Crippen LogP contribution in [0, 0.1) is 0 Å². The molecule has 3 rings (SSSR count). The molecule has 0 aliphatic rings. The number of pyridine rings is 1. The van der Waals surface area contributed by atoms with Crippen molar-refractivity contribution in [1.82, 2.24) is 4.98 Å². The zero-order valence-corrected chi connectivity index (χ0v) is 20.2. The highest BCUT2D eigenvalue weighted by atomic mass is 35.5. The van der Waals surface area contributed by atoms with Crippen molar-refractivity contribution < 1.29 is 17.9 Å². The molecule has 0 saturated heterocycles. The zero-order chi connectivity index (χ0) is 24.2. The van der Waals surface area contributed by atoms with Crippen LogP contribution < -0.4 is 4.72 Å². The number of carbonyl (C=O) groups excluding carboxylic acids is 1. The molecule has 1 N–H and O–H groups in total. The summed E-state index contributed by atoms with van der Waals surface area (Å²) in [6.07, 6.45) is 2.98.